The van der Waals surface area contributed by atoms with Gasteiger partial charge >= 0.3 is 11.9 Å². The van der Waals surface area contributed by atoms with Crippen LogP contribution in [0.3, 0.4) is 0 Å². The van der Waals surface area contributed by atoms with Crippen molar-refractivity contribution in [3.05, 3.63) is 94.6 Å². The van der Waals surface area contributed by atoms with Crippen molar-refractivity contribution in [2.45, 2.75) is 110 Å². The molecule has 0 radical (unpaired) electrons. The molecule has 0 saturated carbocycles. The lowest BCUT2D eigenvalue weighted by Crippen LogP contribution is -2.15. The van der Waals surface area contributed by atoms with E-state index in [0.717, 1.165) is 57.1 Å². The topological polar surface area (TPSA) is 61.8 Å². The standard InChI is InChI=1S/C40H48F2O5/c1-4-6-8-10-11-12-13-15-27-45-37-26-24-34(29-36(37)42)40(44)47-38-25-21-32(28-35(38)41)18-17-31-19-22-33(23-20-31)39(43)46-30(3)16-14-9-7-5-2/h19-26,28-30H,4-16,27H2,1-3H3/t30-/m1/s1. The van der Waals surface area contributed by atoms with Crippen LogP contribution in [0.4, 0.5) is 8.78 Å². The summed E-state index contributed by atoms with van der Waals surface area (Å²) in [7, 11) is 0. The summed E-state index contributed by atoms with van der Waals surface area (Å²) in [5.41, 5.74) is 1.39. The van der Waals surface area contributed by atoms with Gasteiger partial charge in [0.2, 0.25) is 0 Å². The van der Waals surface area contributed by atoms with E-state index in [9.17, 15) is 18.4 Å². The summed E-state index contributed by atoms with van der Waals surface area (Å²) in [6, 6.07) is 14.5. The smallest absolute Gasteiger partial charge is 0.343 e. The lowest BCUT2D eigenvalue weighted by atomic mass is 10.1. The van der Waals surface area contributed by atoms with Gasteiger partial charge in [-0.2, -0.15) is 0 Å². The molecule has 0 aliphatic heterocycles. The highest BCUT2D eigenvalue weighted by Crippen LogP contribution is 2.23. The Morgan fingerprint density at radius 3 is 1.85 bits per heavy atom. The van der Waals surface area contributed by atoms with E-state index in [4.69, 9.17) is 14.2 Å². The maximum absolute atomic E-state index is 14.8. The summed E-state index contributed by atoms with van der Waals surface area (Å²) in [6.07, 6.45) is 14.4. The Morgan fingerprint density at radius 2 is 1.19 bits per heavy atom. The van der Waals surface area contributed by atoms with Crippen molar-refractivity contribution in [1.29, 1.82) is 0 Å². The van der Waals surface area contributed by atoms with Crippen molar-refractivity contribution in [3.63, 3.8) is 0 Å². The fourth-order valence-corrected chi connectivity index (χ4v) is 4.99. The van der Waals surface area contributed by atoms with Gasteiger partial charge in [-0.15, -0.1) is 0 Å². The quantitative estimate of drug-likeness (QED) is 0.0561. The zero-order chi connectivity index (χ0) is 33.9. The third kappa shape index (κ3) is 13.6. The average molecular weight is 647 g/mol. The SMILES string of the molecule is CCCCCCCCCCOc1ccc(C(=O)Oc2ccc(C#Cc3ccc(C(=O)O[C@H](C)CCCCCC)cc3)cc2F)cc1F. The number of esters is 2. The van der Waals surface area contributed by atoms with E-state index in [1.807, 2.05) is 6.92 Å². The Hall–Kier alpha value is -4.18. The number of halogens is 2. The molecular formula is C40H48F2O5. The first kappa shape index (κ1) is 37.3. The Kier molecular flexibility index (Phi) is 16.5. The zero-order valence-corrected chi connectivity index (χ0v) is 28.0. The Balaban J connectivity index is 1.47. The average Bonchev–Trinajstić information content (AvgIpc) is 3.06. The van der Waals surface area contributed by atoms with Crippen LogP contribution in [-0.2, 0) is 4.74 Å². The second-order valence-electron chi connectivity index (χ2n) is 11.9. The number of ether oxygens (including phenoxy) is 3. The van der Waals surface area contributed by atoms with Crippen LogP contribution >= 0.6 is 0 Å². The maximum Gasteiger partial charge on any atom is 0.343 e. The van der Waals surface area contributed by atoms with Gasteiger partial charge in [0, 0.05) is 11.1 Å². The van der Waals surface area contributed by atoms with Crippen molar-refractivity contribution >= 4 is 11.9 Å². The molecule has 0 amide bonds. The number of hydrogen-bond acceptors (Lipinski definition) is 5. The molecule has 0 bridgehead atoms. The van der Waals surface area contributed by atoms with Gasteiger partial charge in [0.05, 0.1) is 23.8 Å². The number of hydrogen-bond donors (Lipinski definition) is 0. The fourth-order valence-electron chi connectivity index (χ4n) is 4.99. The van der Waals surface area contributed by atoms with E-state index < -0.39 is 17.6 Å². The van der Waals surface area contributed by atoms with E-state index in [-0.39, 0.29) is 29.1 Å². The van der Waals surface area contributed by atoms with Crippen molar-refractivity contribution in [3.8, 4) is 23.3 Å². The minimum Gasteiger partial charge on any atom is -0.491 e. The molecule has 0 aliphatic rings. The van der Waals surface area contributed by atoms with Crippen LogP contribution in [0.25, 0.3) is 0 Å². The molecule has 7 heteroatoms. The highest BCUT2D eigenvalue weighted by Gasteiger charge is 2.16. The molecular weight excluding hydrogens is 598 g/mol. The van der Waals surface area contributed by atoms with Crippen molar-refractivity contribution in [2.24, 2.45) is 0 Å². The molecule has 3 aromatic rings. The number of carbonyl (C=O) groups excluding carboxylic acids is 2. The van der Waals surface area contributed by atoms with Crippen molar-refractivity contribution in [2.75, 3.05) is 6.61 Å². The normalized spacial score (nSPS) is 11.3. The number of rotatable bonds is 19. The summed E-state index contributed by atoms with van der Waals surface area (Å²) in [4.78, 5) is 25.0. The van der Waals surface area contributed by atoms with Gasteiger partial charge in [0.15, 0.2) is 23.1 Å². The maximum atomic E-state index is 14.8. The second-order valence-corrected chi connectivity index (χ2v) is 11.9. The molecule has 252 valence electrons. The molecule has 0 heterocycles. The van der Waals surface area contributed by atoms with Gasteiger partial charge in [-0.1, -0.05) is 89.9 Å². The lowest BCUT2D eigenvalue weighted by Gasteiger charge is -2.13. The van der Waals surface area contributed by atoms with Crippen LogP contribution in [-0.4, -0.2) is 24.6 Å². The molecule has 0 saturated heterocycles. The molecule has 0 aliphatic carbocycles. The largest absolute Gasteiger partial charge is 0.491 e. The van der Waals surface area contributed by atoms with Crippen molar-refractivity contribution < 1.29 is 32.6 Å². The molecule has 3 rings (SSSR count). The molecule has 1 atom stereocenters. The number of carbonyl (C=O) groups is 2. The Bertz CT molecular complexity index is 1470. The molecule has 0 aromatic heterocycles. The second kappa shape index (κ2) is 20.8. The summed E-state index contributed by atoms with van der Waals surface area (Å²) in [5.74, 6) is 2.86. The van der Waals surface area contributed by atoms with Gasteiger partial charge in [-0.05, 0) is 86.8 Å². The number of unbranched alkanes of at least 4 members (excludes halogenated alkanes) is 10. The first-order valence-electron chi connectivity index (χ1n) is 17.1. The van der Waals surface area contributed by atoms with E-state index in [2.05, 4.69) is 25.7 Å². The first-order valence-corrected chi connectivity index (χ1v) is 17.1. The predicted molar refractivity (Wildman–Crippen MR) is 182 cm³/mol. The van der Waals surface area contributed by atoms with Gasteiger partial charge in [0.1, 0.15) is 0 Å². The molecule has 5 nitrogen and oxygen atoms in total. The first-order chi connectivity index (χ1) is 22.8. The molecule has 0 fully saturated rings. The van der Waals surface area contributed by atoms with Crippen LogP contribution < -0.4 is 9.47 Å². The van der Waals surface area contributed by atoms with Crippen LogP contribution in [0.2, 0.25) is 0 Å². The monoisotopic (exact) mass is 646 g/mol. The fraction of sp³-hybridized carbons (Fsp3) is 0.450. The van der Waals surface area contributed by atoms with Gasteiger partial charge in [0.25, 0.3) is 0 Å². The van der Waals surface area contributed by atoms with E-state index >= 15 is 0 Å². The van der Waals surface area contributed by atoms with Crippen molar-refractivity contribution in [1.82, 2.24) is 0 Å². The van der Waals surface area contributed by atoms with Crippen LogP contribution in [0.1, 0.15) is 136 Å². The zero-order valence-electron chi connectivity index (χ0n) is 28.0. The minimum atomic E-state index is -0.888. The minimum absolute atomic E-state index is 0.0565. The van der Waals surface area contributed by atoms with Crippen LogP contribution in [0.5, 0.6) is 11.5 Å². The molecule has 0 N–H and O–H groups in total. The molecule has 47 heavy (non-hydrogen) atoms. The molecule has 0 spiro atoms. The highest BCUT2D eigenvalue weighted by atomic mass is 19.1. The summed E-state index contributed by atoms with van der Waals surface area (Å²) in [5, 5.41) is 0. The number of benzene rings is 3. The van der Waals surface area contributed by atoms with E-state index in [1.165, 1.54) is 62.8 Å². The molecule has 0 unspecified atom stereocenters. The third-order valence-corrected chi connectivity index (χ3v) is 7.80. The van der Waals surface area contributed by atoms with Crippen LogP contribution in [0.15, 0.2) is 60.7 Å². The van der Waals surface area contributed by atoms with Gasteiger partial charge < -0.3 is 14.2 Å². The molecule has 3 aromatic carbocycles. The summed E-state index contributed by atoms with van der Waals surface area (Å²) >= 11 is 0. The lowest BCUT2D eigenvalue weighted by molar-refractivity contribution is 0.0319. The van der Waals surface area contributed by atoms with Gasteiger partial charge in [-0.3, -0.25) is 0 Å². The predicted octanol–water partition coefficient (Wildman–Crippen LogP) is 10.6. The van der Waals surface area contributed by atoms with E-state index in [1.54, 1.807) is 24.3 Å². The van der Waals surface area contributed by atoms with Crippen LogP contribution in [0, 0.1) is 23.5 Å². The Labute approximate surface area is 279 Å². The third-order valence-electron chi connectivity index (χ3n) is 7.80. The summed E-state index contributed by atoms with van der Waals surface area (Å²) in [6.45, 7) is 6.66. The van der Waals surface area contributed by atoms with Gasteiger partial charge in [-0.25, -0.2) is 18.4 Å². The summed E-state index contributed by atoms with van der Waals surface area (Å²) < 4.78 is 45.6. The van der Waals surface area contributed by atoms with E-state index in [0.29, 0.717) is 23.3 Å². The Morgan fingerprint density at radius 1 is 0.638 bits per heavy atom. The highest BCUT2D eigenvalue weighted by molar-refractivity contribution is 5.91.